The number of likely N-dealkylation sites (tertiary alicyclic amines) is 1. The number of hydrogen-bond acceptors (Lipinski definition) is 5. The molecule has 0 radical (unpaired) electrons. The van der Waals surface area contributed by atoms with E-state index in [1.807, 2.05) is 42.2 Å². The van der Waals surface area contributed by atoms with E-state index in [1.165, 1.54) is 25.7 Å². The van der Waals surface area contributed by atoms with E-state index in [1.54, 1.807) is 12.1 Å². The number of aromatic nitrogens is 2. The second kappa shape index (κ2) is 9.04. The topological polar surface area (TPSA) is 92.4 Å². The Morgan fingerprint density at radius 2 is 1.81 bits per heavy atom. The first-order valence-electron chi connectivity index (χ1n) is 11.2. The molecule has 1 aromatic carbocycles. The number of amides is 2. The van der Waals surface area contributed by atoms with E-state index < -0.39 is 5.91 Å². The van der Waals surface area contributed by atoms with Crippen molar-refractivity contribution < 1.29 is 9.59 Å². The van der Waals surface area contributed by atoms with Gasteiger partial charge in [-0.1, -0.05) is 25.0 Å². The average Bonchev–Trinajstić information content (AvgIpc) is 3.45. The van der Waals surface area contributed by atoms with Gasteiger partial charge in [0.25, 0.3) is 0 Å². The third-order valence-corrected chi connectivity index (χ3v) is 6.51. The van der Waals surface area contributed by atoms with Crippen LogP contribution in [-0.2, 0) is 4.79 Å². The van der Waals surface area contributed by atoms with Crippen molar-refractivity contribution in [1.29, 1.82) is 0 Å². The average molecular weight is 422 g/mol. The number of hydrogen-bond donors (Lipinski definition) is 1. The zero-order chi connectivity index (χ0) is 22.0. The molecule has 2 heterocycles. The molecule has 2 aromatic rings. The lowest BCUT2D eigenvalue weighted by molar-refractivity contribution is -0.133. The number of nitrogens with two attached hydrogens (primary N) is 1. The number of rotatable bonds is 6. The molecule has 2 amide bonds. The maximum atomic E-state index is 13.2. The molecule has 2 aliphatic rings. The van der Waals surface area contributed by atoms with E-state index in [2.05, 4.69) is 4.98 Å². The molecule has 0 spiro atoms. The molecule has 1 aromatic heterocycles. The highest BCUT2D eigenvalue weighted by atomic mass is 16.2. The Labute approximate surface area is 183 Å². The fourth-order valence-corrected chi connectivity index (χ4v) is 4.82. The predicted molar refractivity (Wildman–Crippen MR) is 121 cm³/mol. The Morgan fingerprint density at radius 1 is 1.10 bits per heavy atom. The van der Waals surface area contributed by atoms with E-state index in [0.29, 0.717) is 23.9 Å². The molecule has 164 valence electrons. The van der Waals surface area contributed by atoms with Crippen LogP contribution in [0.1, 0.15) is 67.0 Å². The summed E-state index contributed by atoms with van der Waals surface area (Å²) in [5.74, 6) is 0.944. The Kier molecular flexibility index (Phi) is 6.20. The van der Waals surface area contributed by atoms with Gasteiger partial charge >= 0.3 is 0 Å². The molecule has 31 heavy (non-hydrogen) atoms. The Hall–Kier alpha value is -2.96. The largest absolute Gasteiger partial charge is 0.366 e. The molecule has 4 rings (SSSR count). The molecule has 1 saturated carbocycles. The summed E-state index contributed by atoms with van der Waals surface area (Å²) in [7, 11) is 3.83. The van der Waals surface area contributed by atoms with Crippen LogP contribution in [0.2, 0.25) is 0 Å². The second-order valence-corrected chi connectivity index (χ2v) is 8.90. The number of nitrogens with zero attached hydrogens (tertiary/aromatic N) is 4. The van der Waals surface area contributed by atoms with E-state index in [-0.39, 0.29) is 11.9 Å². The molecule has 0 bridgehead atoms. The standard InChI is InChI=1S/C24H31N5O2/c1-28(2)24-26-15-19(17-9-11-18(12-10-17)23(25)31)22(27-24)20-8-5-13-29(20)21(30)14-16-6-3-4-7-16/h9-12,15-16,20H,3-8,13-14H2,1-2H3,(H2,25,31). The van der Waals surface area contributed by atoms with Crippen molar-refractivity contribution in [3.8, 4) is 11.1 Å². The van der Waals surface area contributed by atoms with Gasteiger partial charge in [-0.3, -0.25) is 9.59 Å². The van der Waals surface area contributed by atoms with Crippen LogP contribution in [0.25, 0.3) is 11.1 Å². The lowest BCUT2D eigenvalue weighted by Gasteiger charge is -2.28. The highest BCUT2D eigenvalue weighted by Crippen LogP contribution is 2.38. The van der Waals surface area contributed by atoms with Crippen molar-refractivity contribution in [3.05, 3.63) is 41.7 Å². The number of carbonyl (C=O) groups is 2. The van der Waals surface area contributed by atoms with Gasteiger partial charge in [-0.25, -0.2) is 9.97 Å². The molecule has 2 N–H and O–H groups in total. The van der Waals surface area contributed by atoms with Gasteiger partial charge in [-0.2, -0.15) is 0 Å². The van der Waals surface area contributed by atoms with Gasteiger partial charge in [0.1, 0.15) is 0 Å². The van der Waals surface area contributed by atoms with Crippen LogP contribution in [-0.4, -0.2) is 47.3 Å². The van der Waals surface area contributed by atoms with Crippen LogP contribution in [0, 0.1) is 5.92 Å². The lowest BCUT2D eigenvalue weighted by Crippen LogP contribution is -2.32. The first-order chi connectivity index (χ1) is 14.9. The first kappa shape index (κ1) is 21.3. The maximum absolute atomic E-state index is 13.2. The minimum atomic E-state index is -0.453. The number of benzene rings is 1. The lowest BCUT2D eigenvalue weighted by atomic mass is 9.98. The minimum absolute atomic E-state index is 0.0542. The van der Waals surface area contributed by atoms with Crippen molar-refractivity contribution >= 4 is 17.8 Å². The number of anilines is 1. The Morgan fingerprint density at radius 3 is 2.45 bits per heavy atom. The highest BCUT2D eigenvalue weighted by molar-refractivity contribution is 5.93. The van der Waals surface area contributed by atoms with Crippen LogP contribution in [0.5, 0.6) is 0 Å². The number of carbonyl (C=O) groups excluding carboxylic acids is 2. The Balaban J connectivity index is 1.68. The predicted octanol–water partition coefficient (Wildman–Crippen LogP) is 3.55. The summed E-state index contributed by atoms with van der Waals surface area (Å²) in [4.78, 5) is 38.0. The SMILES string of the molecule is CN(C)c1ncc(-c2ccc(C(N)=O)cc2)c(C2CCCN2C(=O)CC2CCCC2)n1. The zero-order valence-electron chi connectivity index (χ0n) is 18.4. The molecule has 7 nitrogen and oxygen atoms in total. The van der Waals surface area contributed by atoms with Crippen molar-refractivity contribution in [1.82, 2.24) is 14.9 Å². The van der Waals surface area contributed by atoms with Gasteiger partial charge in [0.15, 0.2) is 0 Å². The molecule has 1 unspecified atom stereocenters. The fraction of sp³-hybridized carbons (Fsp3) is 0.500. The quantitative estimate of drug-likeness (QED) is 0.770. The van der Waals surface area contributed by atoms with E-state index >= 15 is 0 Å². The third-order valence-electron chi connectivity index (χ3n) is 6.51. The molecule has 7 heteroatoms. The van der Waals surface area contributed by atoms with E-state index in [9.17, 15) is 9.59 Å². The summed E-state index contributed by atoms with van der Waals surface area (Å²) in [6, 6.07) is 7.13. The first-order valence-corrected chi connectivity index (χ1v) is 11.2. The van der Waals surface area contributed by atoms with Crippen LogP contribution < -0.4 is 10.6 Å². The van der Waals surface area contributed by atoms with Crippen molar-refractivity contribution in [2.75, 3.05) is 25.5 Å². The molecule has 1 atom stereocenters. The van der Waals surface area contributed by atoms with Gasteiger partial charge in [0.05, 0.1) is 11.7 Å². The van der Waals surface area contributed by atoms with Crippen molar-refractivity contribution in [2.45, 2.75) is 51.0 Å². The van der Waals surface area contributed by atoms with Gasteiger partial charge in [0, 0.05) is 44.4 Å². The van der Waals surface area contributed by atoms with Crippen molar-refractivity contribution in [2.24, 2.45) is 11.7 Å². The highest BCUT2D eigenvalue weighted by Gasteiger charge is 2.34. The molecule has 1 saturated heterocycles. The maximum Gasteiger partial charge on any atom is 0.248 e. The Bertz CT molecular complexity index is 951. The smallest absolute Gasteiger partial charge is 0.248 e. The van der Waals surface area contributed by atoms with Gasteiger partial charge in [-0.15, -0.1) is 0 Å². The second-order valence-electron chi connectivity index (χ2n) is 8.90. The summed E-state index contributed by atoms with van der Waals surface area (Å²) in [6.07, 6.45) is 9.16. The van der Waals surface area contributed by atoms with Crippen LogP contribution in [0.3, 0.4) is 0 Å². The number of primary amides is 1. The monoisotopic (exact) mass is 421 g/mol. The molecule has 1 aliphatic carbocycles. The van der Waals surface area contributed by atoms with Gasteiger partial charge < -0.3 is 15.5 Å². The summed E-state index contributed by atoms with van der Waals surface area (Å²) in [5, 5.41) is 0. The summed E-state index contributed by atoms with van der Waals surface area (Å²) in [6.45, 7) is 0.775. The van der Waals surface area contributed by atoms with E-state index in [4.69, 9.17) is 10.7 Å². The third kappa shape index (κ3) is 4.55. The van der Waals surface area contributed by atoms with E-state index in [0.717, 1.165) is 36.2 Å². The van der Waals surface area contributed by atoms with Gasteiger partial charge in [0.2, 0.25) is 17.8 Å². The summed E-state index contributed by atoms with van der Waals surface area (Å²) in [5.41, 5.74) is 8.54. The fourth-order valence-electron chi connectivity index (χ4n) is 4.82. The van der Waals surface area contributed by atoms with Crippen LogP contribution >= 0.6 is 0 Å². The zero-order valence-corrected chi connectivity index (χ0v) is 18.4. The molecule has 1 aliphatic heterocycles. The van der Waals surface area contributed by atoms with Crippen LogP contribution in [0.15, 0.2) is 30.5 Å². The molecule has 2 fully saturated rings. The minimum Gasteiger partial charge on any atom is -0.366 e. The molecular formula is C24H31N5O2. The summed E-state index contributed by atoms with van der Waals surface area (Å²) < 4.78 is 0. The van der Waals surface area contributed by atoms with Crippen molar-refractivity contribution in [3.63, 3.8) is 0 Å². The van der Waals surface area contributed by atoms with Gasteiger partial charge in [-0.05, 0) is 49.3 Å². The van der Waals surface area contributed by atoms with Crippen LogP contribution in [0.4, 0.5) is 5.95 Å². The normalized spacial score (nSPS) is 19.0. The summed E-state index contributed by atoms with van der Waals surface area (Å²) >= 11 is 0. The molecular weight excluding hydrogens is 390 g/mol.